The highest BCUT2D eigenvalue weighted by Gasteiger charge is 2.45. The number of carbonyl (C=O) groups excluding carboxylic acids is 2. The number of benzene rings is 2. The lowest BCUT2D eigenvalue weighted by molar-refractivity contribution is -0.277. The van der Waals surface area contributed by atoms with Crippen molar-refractivity contribution >= 4 is 11.6 Å². The third kappa shape index (κ3) is 3.39. The number of hydrogen-bond acceptors (Lipinski definition) is 10. The van der Waals surface area contributed by atoms with E-state index in [9.17, 15) is 40.2 Å². The Kier molecular flexibility index (Phi) is 5.52. The average molecular weight is 432 g/mol. The first kappa shape index (κ1) is 21.4. The monoisotopic (exact) mass is 432 g/mol. The van der Waals surface area contributed by atoms with Gasteiger partial charge in [0.1, 0.15) is 35.9 Å². The fourth-order valence-corrected chi connectivity index (χ4v) is 3.80. The van der Waals surface area contributed by atoms with Crippen LogP contribution in [0, 0.1) is 0 Å². The number of aliphatic hydroxyl groups excluding tert-OH is 5. The highest BCUT2D eigenvalue weighted by Crippen LogP contribution is 2.38. The molecule has 0 saturated carbocycles. The number of fused-ring (bicyclic) bond motifs is 2. The van der Waals surface area contributed by atoms with E-state index in [2.05, 4.69) is 0 Å². The zero-order valence-corrected chi connectivity index (χ0v) is 16.0. The van der Waals surface area contributed by atoms with Gasteiger partial charge in [-0.05, 0) is 23.8 Å². The Morgan fingerprint density at radius 3 is 2.32 bits per heavy atom. The first-order chi connectivity index (χ1) is 14.8. The minimum atomic E-state index is -1.75. The maximum Gasteiger partial charge on any atom is 0.229 e. The zero-order valence-electron chi connectivity index (χ0n) is 16.0. The Morgan fingerprint density at radius 2 is 1.65 bits per heavy atom. The molecular weight excluding hydrogens is 412 g/mol. The maximum absolute atomic E-state index is 13.2. The summed E-state index contributed by atoms with van der Waals surface area (Å²) in [4.78, 5) is 26.2. The van der Waals surface area contributed by atoms with Crippen LogP contribution in [0.3, 0.4) is 0 Å². The summed E-state index contributed by atoms with van der Waals surface area (Å²) in [5.74, 6) is -1.93. The number of phenols is 1. The molecule has 4 rings (SSSR count). The molecule has 2 aromatic carbocycles. The van der Waals surface area contributed by atoms with Crippen molar-refractivity contribution < 1.29 is 49.7 Å². The first-order valence-corrected chi connectivity index (χ1v) is 9.44. The molecule has 164 valence electrons. The molecule has 10 nitrogen and oxygen atoms in total. The topological polar surface area (TPSA) is 174 Å². The molecular formula is C21H20O10. The van der Waals surface area contributed by atoms with Gasteiger partial charge in [0.25, 0.3) is 0 Å². The molecule has 0 amide bonds. The normalized spacial score (nSPS) is 27.6. The standard InChI is InChI=1S/C21H20O10/c22-6-8-4-10-15(18(27)14-9(16(10)25)2-1-3-11(14)24)12(5-8)30-21-20(29)19(28)17(26)13(7-23)31-21/h1-5,13,17,19-24,26,28-29H,6-7H2. The van der Waals surface area contributed by atoms with Crippen LogP contribution in [-0.4, -0.2) is 79.5 Å². The highest BCUT2D eigenvalue weighted by atomic mass is 16.7. The van der Waals surface area contributed by atoms with Crippen LogP contribution in [0.15, 0.2) is 30.3 Å². The van der Waals surface area contributed by atoms with Crippen LogP contribution in [0.5, 0.6) is 11.5 Å². The van der Waals surface area contributed by atoms with Crippen molar-refractivity contribution in [3.05, 3.63) is 58.1 Å². The molecule has 0 radical (unpaired) electrons. The Balaban J connectivity index is 1.80. The molecule has 2 aliphatic rings. The molecule has 1 saturated heterocycles. The number of aromatic hydroxyl groups is 1. The van der Waals surface area contributed by atoms with E-state index in [0.717, 1.165) is 0 Å². The summed E-state index contributed by atoms with van der Waals surface area (Å²) < 4.78 is 10.9. The van der Waals surface area contributed by atoms with E-state index in [1.54, 1.807) is 0 Å². The smallest absolute Gasteiger partial charge is 0.229 e. The third-order valence-electron chi connectivity index (χ3n) is 5.42. The number of rotatable bonds is 4. The van der Waals surface area contributed by atoms with Crippen LogP contribution >= 0.6 is 0 Å². The van der Waals surface area contributed by atoms with E-state index in [4.69, 9.17) is 9.47 Å². The van der Waals surface area contributed by atoms with Crippen molar-refractivity contribution in [3.63, 3.8) is 0 Å². The van der Waals surface area contributed by atoms with Gasteiger partial charge in [0.05, 0.1) is 24.3 Å². The molecule has 1 heterocycles. The summed E-state index contributed by atoms with van der Waals surface area (Å²) in [5, 5.41) is 59.2. The quantitative estimate of drug-likeness (QED) is 0.295. The van der Waals surface area contributed by atoms with Crippen molar-refractivity contribution in [2.45, 2.75) is 37.3 Å². The Hall–Kier alpha value is -2.86. The predicted molar refractivity (Wildman–Crippen MR) is 102 cm³/mol. The number of carbonyl (C=O) groups is 2. The molecule has 1 fully saturated rings. The minimum absolute atomic E-state index is 0.00798. The fraction of sp³-hybridized carbons (Fsp3) is 0.333. The lowest BCUT2D eigenvalue weighted by atomic mass is 9.82. The Morgan fingerprint density at radius 1 is 0.903 bits per heavy atom. The summed E-state index contributed by atoms with van der Waals surface area (Å²) in [7, 11) is 0. The SMILES string of the molecule is O=C1c2cccc(O)c2C(=O)c2c(OC3OC(CO)C(O)C(O)C3O)cc(CO)cc21. The lowest BCUT2D eigenvalue weighted by Crippen LogP contribution is -2.60. The van der Waals surface area contributed by atoms with Gasteiger partial charge in [0.2, 0.25) is 12.1 Å². The van der Waals surface area contributed by atoms with Crippen molar-refractivity contribution in [2.24, 2.45) is 0 Å². The molecule has 0 spiro atoms. The van der Waals surface area contributed by atoms with Crippen molar-refractivity contribution in [1.82, 2.24) is 0 Å². The number of aliphatic hydroxyl groups is 5. The summed E-state index contributed by atoms with van der Waals surface area (Å²) in [6.45, 7) is -1.18. The maximum atomic E-state index is 13.2. The van der Waals surface area contributed by atoms with Gasteiger partial charge >= 0.3 is 0 Å². The van der Waals surface area contributed by atoms with Gasteiger partial charge in [-0.3, -0.25) is 9.59 Å². The zero-order chi connectivity index (χ0) is 22.4. The van der Waals surface area contributed by atoms with Gasteiger partial charge in [-0.15, -0.1) is 0 Å². The van der Waals surface area contributed by atoms with Gasteiger partial charge in [-0.2, -0.15) is 0 Å². The Labute approximate surface area is 175 Å². The number of hydrogen-bond donors (Lipinski definition) is 6. The van der Waals surface area contributed by atoms with E-state index < -0.39 is 61.2 Å². The number of ether oxygens (including phenoxy) is 2. The molecule has 0 aromatic heterocycles. The van der Waals surface area contributed by atoms with E-state index in [1.807, 2.05) is 0 Å². The van der Waals surface area contributed by atoms with Crippen LogP contribution in [0.1, 0.15) is 37.4 Å². The molecule has 31 heavy (non-hydrogen) atoms. The van der Waals surface area contributed by atoms with Crippen LogP contribution in [-0.2, 0) is 11.3 Å². The lowest BCUT2D eigenvalue weighted by Gasteiger charge is -2.39. The van der Waals surface area contributed by atoms with E-state index >= 15 is 0 Å². The summed E-state index contributed by atoms with van der Waals surface area (Å²) in [6, 6.07) is 6.65. The van der Waals surface area contributed by atoms with E-state index in [1.165, 1.54) is 30.3 Å². The van der Waals surface area contributed by atoms with Crippen molar-refractivity contribution in [1.29, 1.82) is 0 Å². The molecule has 0 bridgehead atoms. The summed E-state index contributed by atoms with van der Waals surface area (Å²) >= 11 is 0. The highest BCUT2D eigenvalue weighted by molar-refractivity contribution is 6.30. The second kappa shape index (κ2) is 8.00. The Bertz CT molecular complexity index is 1050. The largest absolute Gasteiger partial charge is 0.507 e. The molecule has 2 aromatic rings. The number of ketones is 2. The van der Waals surface area contributed by atoms with Crippen LogP contribution in [0.25, 0.3) is 0 Å². The van der Waals surface area contributed by atoms with Gasteiger partial charge in [-0.1, -0.05) is 12.1 Å². The third-order valence-corrected chi connectivity index (χ3v) is 5.42. The van der Waals surface area contributed by atoms with Crippen LogP contribution in [0.2, 0.25) is 0 Å². The first-order valence-electron chi connectivity index (χ1n) is 9.44. The summed E-state index contributed by atoms with van der Waals surface area (Å²) in [6.07, 6.45) is -7.93. The van der Waals surface area contributed by atoms with Crippen LogP contribution in [0.4, 0.5) is 0 Å². The molecule has 1 aliphatic heterocycles. The second-order valence-electron chi connectivity index (χ2n) is 7.35. The molecule has 5 atom stereocenters. The van der Waals surface area contributed by atoms with Gasteiger partial charge in [0, 0.05) is 11.1 Å². The number of phenolic OH excluding ortho intramolecular Hbond substituents is 1. The molecule has 1 aliphatic carbocycles. The van der Waals surface area contributed by atoms with Gasteiger partial charge < -0.3 is 40.1 Å². The predicted octanol–water partition coefficient (Wildman–Crippen LogP) is -1.16. The van der Waals surface area contributed by atoms with Crippen molar-refractivity contribution in [3.8, 4) is 11.5 Å². The van der Waals surface area contributed by atoms with Gasteiger partial charge in [0.15, 0.2) is 5.78 Å². The van der Waals surface area contributed by atoms with E-state index in [-0.39, 0.29) is 33.6 Å². The van der Waals surface area contributed by atoms with E-state index in [0.29, 0.717) is 0 Å². The van der Waals surface area contributed by atoms with Crippen molar-refractivity contribution in [2.75, 3.05) is 6.61 Å². The molecule has 10 heteroatoms. The second-order valence-corrected chi connectivity index (χ2v) is 7.35. The summed E-state index contributed by atoms with van der Waals surface area (Å²) in [5.41, 5.74) is -0.285. The van der Waals surface area contributed by atoms with Crippen LogP contribution < -0.4 is 4.74 Å². The fourth-order valence-electron chi connectivity index (χ4n) is 3.80. The molecule has 5 unspecified atom stereocenters. The average Bonchev–Trinajstić information content (AvgIpc) is 2.77. The minimum Gasteiger partial charge on any atom is -0.507 e. The molecule has 6 N–H and O–H groups in total. The van der Waals surface area contributed by atoms with Gasteiger partial charge in [-0.25, -0.2) is 0 Å².